The van der Waals surface area contributed by atoms with E-state index in [1.54, 1.807) is 60.7 Å². The van der Waals surface area contributed by atoms with Crippen molar-refractivity contribution in [3.63, 3.8) is 0 Å². The molecule has 0 aliphatic heterocycles. The Bertz CT molecular complexity index is 692. The molecule has 0 N–H and O–H groups in total. The van der Waals surface area contributed by atoms with Crippen molar-refractivity contribution in [2.75, 3.05) is 0 Å². The molecule has 0 amide bonds. The molecule has 0 radical (unpaired) electrons. The monoisotopic (exact) mass is 278 g/mol. The SMILES string of the molecule is O=C1C(=O)C(=O)C(c2ccccc2)(c2ccccc2)C1=O. The normalized spacial score (nSPS) is 17.3. The van der Waals surface area contributed by atoms with Gasteiger partial charge in [0.05, 0.1) is 0 Å². The van der Waals surface area contributed by atoms with Crippen molar-refractivity contribution in [3.05, 3.63) is 71.8 Å². The lowest BCUT2D eigenvalue weighted by molar-refractivity contribution is -0.142. The van der Waals surface area contributed by atoms with Gasteiger partial charge in [-0.2, -0.15) is 0 Å². The summed E-state index contributed by atoms with van der Waals surface area (Å²) in [5.41, 5.74) is -1.16. The highest BCUT2D eigenvalue weighted by Crippen LogP contribution is 2.38. The molecule has 3 rings (SSSR count). The van der Waals surface area contributed by atoms with E-state index in [9.17, 15) is 19.2 Å². The molecule has 0 unspecified atom stereocenters. The molecule has 102 valence electrons. The van der Waals surface area contributed by atoms with Crippen LogP contribution in [0.15, 0.2) is 60.7 Å². The molecular weight excluding hydrogens is 268 g/mol. The van der Waals surface area contributed by atoms with Crippen LogP contribution in [0.5, 0.6) is 0 Å². The van der Waals surface area contributed by atoms with Gasteiger partial charge in [0.2, 0.25) is 11.6 Å². The maximum Gasteiger partial charge on any atom is 0.274 e. The highest BCUT2D eigenvalue weighted by molar-refractivity contribution is 6.88. The summed E-state index contributed by atoms with van der Waals surface area (Å²) in [6.07, 6.45) is 0. The highest BCUT2D eigenvalue weighted by Gasteiger charge is 2.62. The molecule has 0 bridgehead atoms. The maximum absolute atomic E-state index is 12.5. The lowest BCUT2D eigenvalue weighted by Gasteiger charge is -2.25. The molecule has 1 saturated carbocycles. The van der Waals surface area contributed by atoms with E-state index in [-0.39, 0.29) is 0 Å². The van der Waals surface area contributed by atoms with Gasteiger partial charge >= 0.3 is 0 Å². The Morgan fingerprint density at radius 3 is 1.19 bits per heavy atom. The minimum absolute atomic E-state index is 0.338. The predicted molar refractivity (Wildman–Crippen MR) is 73.7 cm³/mol. The van der Waals surface area contributed by atoms with Gasteiger partial charge in [0.1, 0.15) is 0 Å². The van der Waals surface area contributed by atoms with E-state index in [0.717, 1.165) is 0 Å². The molecule has 1 fully saturated rings. The van der Waals surface area contributed by atoms with Gasteiger partial charge in [-0.1, -0.05) is 60.7 Å². The lowest BCUT2D eigenvalue weighted by atomic mass is 9.71. The van der Waals surface area contributed by atoms with Crippen LogP contribution in [0.4, 0.5) is 0 Å². The molecule has 0 saturated heterocycles. The van der Waals surface area contributed by atoms with Crippen molar-refractivity contribution in [2.45, 2.75) is 5.41 Å². The zero-order chi connectivity index (χ0) is 15.0. The zero-order valence-corrected chi connectivity index (χ0v) is 10.9. The van der Waals surface area contributed by atoms with E-state index < -0.39 is 28.5 Å². The molecule has 0 heterocycles. The number of hydrogen-bond acceptors (Lipinski definition) is 4. The summed E-state index contributed by atoms with van der Waals surface area (Å²) in [6.45, 7) is 0. The summed E-state index contributed by atoms with van der Waals surface area (Å²) in [6, 6.07) is 16.4. The molecule has 21 heavy (non-hydrogen) atoms. The average molecular weight is 278 g/mol. The second-order valence-electron chi connectivity index (χ2n) is 4.80. The molecule has 0 atom stereocenters. The number of ketones is 4. The van der Waals surface area contributed by atoms with Gasteiger partial charge in [-0.15, -0.1) is 0 Å². The molecule has 1 aliphatic rings. The van der Waals surface area contributed by atoms with Gasteiger partial charge in [-0.3, -0.25) is 19.2 Å². The van der Waals surface area contributed by atoms with Crippen LogP contribution in [0.3, 0.4) is 0 Å². The third kappa shape index (κ3) is 1.62. The fourth-order valence-electron chi connectivity index (χ4n) is 2.72. The van der Waals surface area contributed by atoms with Crippen molar-refractivity contribution < 1.29 is 19.2 Å². The first-order valence-corrected chi connectivity index (χ1v) is 6.39. The van der Waals surface area contributed by atoms with Crippen molar-refractivity contribution in [2.24, 2.45) is 0 Å². The summed E-state index contributed by atoms with van der Waals surface area (Å²) < 4.78 is 0. The Balaban J connectivity index is 2.38. The first kappa shape index (κ1) is 13.1. The van der Waals surface area contributed by atoms with Crippen molar-refractivity contribution in [3.8, 4) is 0 Å². The van der Waals surface area contributed by atoms with Gasteiger partial charge in [0, 0.05) is 0 Å². The third-order valence-electron chi connectivity index (χ3n) is 3.71. The van der Waals surface area contributed by atoms with Gasteiger partial charge in [-0.05, 0) is 11.1 Å². The summed E-state index contributed by atoms with van der Waals surface area (Å²) in [7, 11) is 0. The van der Waals surface area contributed by atoms with Gasteiger partial charge in [0.25, 0.3) is 11.6 Å². The number of hydrogen-bond donors (Lipinski definition) is 0. The first-order chi connectivity index (χ1) is 10.1. The van der Waals surface area contributed by atoms with Crippen LogP contribution in [0.2, 0.25) is 0 Å². The second-order valence-corrected chi connectivity index (χ2v) is 4.80. The van der Waals surface area contributed by atoms with E-state index in [2.05, 4.69) is 0 Å². The van der Waals surface area contributed by atoms with E-state index >= 15 is 0 Å². The minimum atomic E-state index is -1.84. The Labute approximate surface area is 120 Å². The Morgan fingerprint density at radius 1 is 0.524 bits per heavy atom. The second kappa shape index (κ2) is 4.59. The van der Waals surface area contributed by atoms with Crippen LogP contribution in [0, 0.1) is 0 Å². The van der Waals surface area contributed by atoms with Crippen LogP contribution < -0.4 is 0 Å². The molecular formula is C17H10O4. The number of benzene rings is 2. The molecule has 0 aromatic heterocycles. The zero-order valence-electron chi connectivity index (χ0n) is 10.9. The van der Waals surface area contributed by atoms with Crippen LogP contribution in [-0.2, 0) is 24.6 Å². The van der Waals surface area contributed by atoms with Gasteiger partial charge in [0.15, 0.2) is 5.41 Å². The lowest BCUT2D eigenvalue weighted by Crippen LogP contribution is -2.40. The van der Waals surface area contributed by atoms with Crippen LogP contribution >= 0.6 is 0 Å². The van der Waals surface area contributed by atoms with E-state index in [1.165, 1.54) is 0 Å². The van der Waals surface area contributed by atoms with E-state index in [4.69, 9.17) is 0 Å². The fraction of sp³-hybridized carbons (Fsp3) is 0.0588. The number of carbonyl (C=O) groups is 4. The third-order valence-corrected chi connectivity index (χ3v) is 3.71. The first-order valence-electron chi connectivity index (χ1n) is 6.39. The Hall–Kier alpha value is -2.88. The molecule has 4 nitrogen and oxygen atoms in total. The maximum atomic E-state index is 12.5. The molecule has 2 aromatic carbocycles. The predicted octanol–water partition coefficient (Wildman–Crippen LogP) is 1.26. The summed E-state index contributed by atoms with van der Waals surface area (Å²) >= 11 is 0. The van der Waals surface area contributed by atoms with Crippen LogP contribution in [0.1, 0.15) is 11.1 Å². The quantitative estimate of drug-likeness (QED) is 0.612. The van der Waals surface area contributed by atoms with Crippen LogP contribution in [0.25, 0.3) is 0 Å². The van der Waals surface area contributed by atoms with Gasteiger partial charge < -0.3 is 0 Å². The largest absolute Gasteiger partial charge is 0.288 e. The fourth-order valence-corrected chi connectivity index (χ4v) is 2.72. The summed E-state index contributed by atoms with van der Waals surface area (Å²) in [5, 5.41) is 0. The molecule has 2 aromatic rings. The van der Waals surface area contributed by atoms with Gasteiger partial charge in [-0.25, -0.2) is 0 Å². The molecule has 0 spiro atoms. The topological polar surface area (TPSA) is 68.3 Å². The summed E-state index contributed by atoms with van der Waals surface area (Å²) in [5.74, 6) is -4.44. The summed E-state index contributed by atoms with van der Waals surface area (Å²) in [4.78, 5) is 48.4. The number of rotatable bonds is 2. The van der Waals surface area contributed by atoms with E-state index in [1.807, 2.05) is 0 Å². The van der Waals surface area contributed by atoms with Crippen molar-refractivity contribution >= 4 is 23.1 Å². The van der Waals surface area contributed by atoms with E-state index in [0.29, 0.717) is 11.1 Å². The van der Waals surface area contributed by atoms with Crippen molar-refractivity contribution in [1.82, 2.24) is 0 Å². The molecule has 4 heteroatoms. The van der Waals surface area contributed by atoms with Crippen LogP contribution in [-0.4, -0.2) is 23.1 Å². The minimum Gasteiger partial charge on any atom is -0.288 e. The Morgan fingerprint density at radius 2 is 0.857 bits per heavy atom. The number of carbonyl (C=O) groups excluding carboxylic acids is 4. The average Bonchev–Trinajstić information content (AvgIpc) is 2.71. The van der Waals surface area contributed by atoms with Crippen molar-refractivity contribution in [1.29, 1.82) is 0 Å². The molecule has 1 aliphatic carbocycles. The highest BCUT2D eigenvalue weighted by atomic mass is 16.2. The smallest absolute Gasteiger partial charge is 0.274 e. The number of Topliss-reactive ketones (excluding diaryl/α,β-unsaturated/α-hetero) is 4. The Kier molecular flexibility index (Phi) is 2.87. The standard InChI is InChI=1S/C17H10O4/c18-13-14(19)16(21)17(15(13)20,11-7-3-1-4-8-11)12-9-5-2-6-10-12/h1-10H.